The fraction of sp³-hybridized carbons (Fsp3) is 0.875. The average Bonchev–Trinajstić information content (AvgIpc) is 2.67. The summed E-state index contributed by atoms with van der Waals surface area (Å²) in [6.45, 7) is 3.85. The molecule has 1 aliphatic rings. The van der Waals surface area contributed by atoms with Gasteiger partial charge >= 0.3 is 0 Å². The number of amides is 1. The van der Waals surface area contributed by atoms with Crippen LogP contribution in [-0.2, 0) is 4.79 Å². The van der Waals surface area contributed by atoms with E-state index in [0.717, 1.165) is 5.92 Å². The lowest BCUT2D eigenvalue weighted by Crippen LogP contribution is -2.37. The molecular formula is C8H15NOS. The molecule has 0 aromatic rings. The number of nitrogens with one attached hydrogen (secondary N) is 1. The third-order valence-electron chi connectivity index (χ3n) is 2.08. The molecule has 1 N–H and O–H groups in total. The van der Waals surface area contributed by atoms with Crippen LogP contribution in [0.15, 0.2) is 0 Å². The van der Waals surface area contributed by atoms with Gasteiger partial charge < -0.3 is 5.32 Å². The molecule has 1 aliphatic carbocycles. The van der Waals surface area contributed by atoms with Gasteiger partial charge in [-0.05, 0) is 32.6 Å². The highest BCUT2D eigenvalue weighted by molar-refractivity contribution is 7.81. The molecule has 2 unspecified atom stereocenters. The van der Waals surface area contributed by atoms with E-state index in [1.54, 1.807) is 6.92 Å². The van der Waals surface area contributed by atoms with Gasteiger partial charge in [0.15, 0.2) is 0 Å². The molecule has 64 valence electrons. The van der Waals surface area contributed by atoms with E-state index >= 15 is 0 Å². The number of carbonyl (C=O) groups excluding carboxylic acids is 1. The molecule has 0 bridgehead atoms. The summed E-state index contributed by atoms with van der Waals surface area (Å²) in [6, 6.07) is 0.345. The number of hydrogen-bond donors (Lipinski definition) is 2. The van der Waals surface area contributed by atoms with E-state index in [0.29, 0.717) is 6.04 Å². The second kappa shape index (κ2) is 3.48. The zero-order chi connectivity index (χ0) is 8.43. The fourth-order valence-corrected chi connectivity index (χ4v) is 1.13. The first kappa shape index (κ1) is 8.91. The van der Waals surface area contributed by atoms with Crippen molar-refractivity contribution in [1.82, 2.24) is 5.32 Å². The summed E-state index contributed by atoms with van der Waals surface area (Å²) in [4.78, 5) is 11.1. The quantitative estimate of drug-likeness (QED) is 0.617. The molecule has 0 radical (unpaired) electrons. The molecule has 2 nitrogen and oxygen atoms in total. The van der Waals surface area contributed by atoms with Crippen molar-refractivity contribution >= 4 is 18.5 Å². The first-order chi connectivity index (χ1) is 5.11. The predicted octanol–water partition coefficient (Wildman–Crippen LogP) is 1.22. The Bertz CT molecular complexity index is 154. The monoisotopic (exact) mass is 173 g/mol. The fourth-order valence-electron chi connectivity index (χ4n) is 1.06. The van der Waals surface area contributed by atoms with Gasteiger partial charge in [0.2, 0.25) is 5.91 Å². The number of carbonyl (C=O) groups is 1. The van der Waals surface area contributed by atoms with Crippen molar-refractivity contribution in [1.29, 1.82) is 0 Å². The first-order valence-electron chi connectivity index (χ1n) is 4.09. The van der Waals surface area contributed by atoms with Gasteiger partial charge in [-0.2, -0.15) is 12.6 Å². The predicted molar refractivity (Wildman–Crippen MR) is 48.8 cm³/mol. The Morgan fingerprint density at radius 2 is 2.09 bits per heavy atom. The number of rotatable bonds is 3. The molecule has 1 amide bonds. The third kappa shape index (κ3) is 2.73. The van der Waals surface area contributed by atoms with E-state index in [9.17, 15) is 4.79 Å². The molecule has 1 fully saturated rings. The molecule has 0 spiro atoms. The second-order valence-electron chi connectivity index (χ2n) is 3.31. The average molecular weight is 173 g/mol. The SMILES string of the molecule is CC(S)C(=O)NC(C)C1CC1. The maximum absolute atomic E-state index is 11.1. The highest BCUT2D eigenvalue weighted by Gasteiger charge is 2.29. The van der Waals surface area contributed by atoms with Crippen LogP contribution in [-0.4, -0.2) is 17.2 Å². The minimum absolute atomic E-state index is 0.0488. The van der Waals surface area contributed by atoms with E-state index in [-0.39, 0.29) is 11.2 Å². The summed E-state index contributed by atoms with van der Waals surface area (Å²) in [5.74, 6) is 0.777. The first-order valence-corrected chi connectivity index (χ1v) is 4.61. The Morgan fingerprint density at radius 3 is 2.45 bits per heavy atom. The van der Waals surface area contributed by atoms with Crippen molar-refractivity contribution in [3.05, 3.63) is 0 Å². The van der Waals surface area contributed by atoms with Crippen LogP contribution in [0.25, 0.3) is 0 Å². The van der Waals surface area contributed by atoms with Gasteiger partial charge in [-0.25, -0.2) is 0 Å². The van der Waals surface area contributed by atoms with Crippen LogP contribution in [0.2, 0.25) is 0 Å². The molecule has 2 atom stereocenters. The maximum Gasteiger partial charge on any atom is 0.232 e. The van der Waals surface area contributed by atoms with Crippen LogP contribution in [0.4, 0.5) is 0 Å². The van der Waals surface area contributed by atoms with Crippen LogP contribution < -0.4 is 5.32 Å². The largest absolute Gasteiger partial charge is 0.352 e. The number of hydrogen-bond acceptors (Lipinski definition) is 2. The van der Waals surface area contributed by atoms with Gasteiger partial charge in [-0.15, -0.1) is 0 Å². The lowest BCUT2D eigenvalue weighted by Gasteiger charge is -2.13. The summed E-state index contributed by atoms with van der Waals surface area (Å²) in [7, 11) is 0. The summed E-state index contributed by atoms with van der Waals surface area (Å²) >= 11 is 4.04. The minimum atomic E-state index is -0.184. The second-order valence-corrected chi connectivity index (χ2v) is 4.09. The van der Waals surface area contributed by atoms with Gasteiger partial charge in [0.25, 0.3) is 0 Å². The molecule has 1 rings (SSSR count). The topological polar surface area (TPSA) is 29.1 Å². The van der Waals surface area contributed by atoms with E-state index in [2.05, 4.69) is 24.9 Å². The van der Waals surface area contributed by atoms with E-state index in [1.165, 1.54) is 12.8 Å². The van der Waals surface area contributed by atoms with Crippen LogP contribution >= 0.6 is 12.6 Å². The van der Waals surface area contributed by atoms with Gasteiger partial charge in [-0.1, -0.05) is 0 Å². The van der Waals surface area contributed by atoms with Gasteiger partial charge in [0, 0.05) is 6.04 Å². The van der Waals surface area contributed by atoms with Crippen LogP contribution in [0, 0.1) is 5.92 Å². The van der Waals surface area contributed by atoms with E-state index in [4.69, 9.17) is 0 Å². The Morgan fingerprint density at radius 1 is 1.55 bits per heavy atom. The Balaban J connectivity index is 2.23. The van der Waals surface area contributed by atoms with Crippen LogP contribution in [0.3, 0.4) is 0 Å². The Kier molecular flexibility index (Phi) is 2.82. The standard InChI is InChI=1S/C8H15NOS/c1-5(7-3-4-7)9-8(10)6(2)11/h5-7,11H,3-4H2,1-2H3,(H,9,10). The van der Waals surface area contributed by atoms with Crippen molar-refractivity contribution in [2.24, 2.45) is 5.92 Å². The smallest absolute Gasteiger partial charge is 0.232 e. The molecule has 0 heterocycles. The van der Waals surface area contributed by atoms with Crippen molar-refractivity contribution in [2.45, 2.75) is 38.0 Å². The van der Waals surface area contributed by atoms with Gasteiger partial charge in [-0.3, -0.25) is 4.79 Å². The highest BCUT2D eigenvalue weighted by Crippen LogP contribution is 2.32. The van der Waals surface area contributed by atoms with Crippen molar-refractivity contribution in [3.8, 4) is 0 Å². The zero-order valence-electron chi connectivity index (χ0n) is 7.00. The summed E-state index contributed by atoms with van der Waals surface area (Å²) in [5.41, 5.74) is 0. The molecule has 3 heteroatoms. The molecular weight excluding hydrogens is 158 g/mol. The van der Waals surface area contributed by atoms with Crippen LogP contribution in [0.5, 0.6) is 0 Å². The zero-order valence-corrected chi connectivity index (χ0v) is 7.90. The molecule has 0 aliphatic heterocycles. The lowest BCUT2D eigenvalue weighted by atomic mass is 10.2. The normalized spacial score (nSPS) is 22.5. The highest BCUT2D eigenvalue weighted by atomic mass is 32.1. The van der Waals surface area contributed by atoms with Gasteiger partial charge in [0.1, 0.15) is 0 Å². The molecule has 0 aromatic carbocycles. The lowest BCUT2D eigenvalue weighted by molar-refractivity contribution is -0.121. The third-order valence-corrected chi connectivity index (χ3v) is 2.31. The maximum atomic E-state index is 11.1. The minimum Gasteiger partial charge on any atom is -0.352 e. The molecule has 0 saturated heterocycles. The Labute approximate surface area is 73.2 Å². The van der Waals surface area contributed by atoms with E-state index < -0.39 is 0 Å². The molecule has 1 saturated carbocycles. The van der Waals surface area contributed by atoms with Crippen molar-refractivity contribution < 1.29 is 4.79 Å². The summed E-state index contributed by atoms with van der Waals surface area (Å²) in [5, 5.41) is 2.74. The van der Waals surface area contributed by atoms with Crippen LogP contribution in [0.1, 0.15) is 26.7 Å². The molecule has 11 heavy (non-hydrogen) atoms. The number of thiol groups is 1. The van der Waals surface area contributed by atoms with Crippen molar-refractivity contribution in [3.63, 3.8) is 0 Å². The molecule has 0 aromatic heterocycles. The van der Waals surface area contributed by atoms with Crippen molar-refractivity contribution in [2.75, 3.05) is 0 Å². The van der Waals surface area contributed by atoms with E-state index in [1.807, 2.05) is 0 Å². The summed E-state index contributed by atoms with van der Waals surface area (Å²) < 4.78 is 0. The summed E-state index contributed by atoms with van der Waals surface area (Å²) in [6.07, 6.45) is 2.53. The van der Waals surface area contributed by atoms with Gasteiger partial charge in [0.05, 0.1) is 5.25 Å². The Hall–Kier alpha value is -0.180.